The molecule has 8 nitrogen and oxygen atoms in total. The van der Waals surface area contributed by atoms with Crippen molar-refractivity contribution < 1.29 is 36.6 Å². The largest absolute Gasteiger partial charge is 0.462 e. The number of alkyl carbamates (subject to hydrolysis) is 1. The average Bonchev–Trinajstić information content (AvgIpc) is 3.57. The molecule has 36 heavy (non-hydrogen) atoms. The van der Waals surface area contributed by atoms with Crippen LogP contribution in [0.5, 0.6) is 0 Å². The molecule has 1 aliphatic carbocycles. The number of amidine groups is 1. The van der Waals surface area contributed by atoms with E-state index < -0.39 is 58.1 Å². The van der Waals surface area contributed by atoms with Gasteiger partial charge in [-0.2, -0.15) is 0 Å². The van der Waals surface area contributed by atoms with Gasteiger partial charge in [0.1, 0.15) is 0 Å². The third kappa shape index (κ3) is 3.33. The maximum atomic E-state index is 16.0. The minimum atomic E-state index is -2.48. The van der Waals surface area contributed by atoms with E-state index in [0.29, 0.717) is 5.01 Å². The van der Waals surface area contributed by atoms with Crippen molar-refractivity contribution in [3.05, 3.63) is 68.6 Å². The normalized spacial score (nSPS) is 22.6. The number of methoxy groups -OCH3 is 1. The van der Waals surface area contributed by atoms with E-state index in [0.717, 1.165) is 23.5 Å². The maximum Gasteiger partial charge on any atom is 0.407 e. The summed E-state index contributed by atoms with van der Waals surface area (Å²) >= 11 is 1.15. The van der Waals surface area contributed by atoms with Gasteiger partial charge in [0.2, 0.25) is 0 Å². The molecule has 1 spiro atoms. The fourth-order valence-electron chi connectivity index (χ4n) is 4.77. The van der Waals surface area contributed by atoms with Gasteiger partial charge in [-0.15, -0.1) is 11.3 Å². The molecule has 0 radical (unpaired) electrons. The molecule has 0 bridgehead atoms. The first-order valence-corrected chi connectivity index (χ1v) is 11.7. The second kappa shape index (κ2) is 8.73. The van der Waals surface area contributed by atoms with E-state index in [1.54, 1.807) is 10.3 Å². The second-order valence-electron chi connectivity index (χ2n) is 8.08. The van der Waals surface area contributed by atoms with E-state index in [-0.39, 0.29) is 36.7 Å². The van der Waals surface area contributed by atoms with Gasteiger partial charge < -0.3 is 19.7 Å². The Morgan fingerprint density at radius 3 is 2.72 bits per heavy atom. The molecule has 188 valence electrons. The molecule has 5 rings (SSSR count). The first-order chi connectivity index (χ1) is 17.2. The quantitative estimate of drug-likeness (QED) is 0.483. The van der Waals surface area contributed by atoms with Crippen LogP contribution in [0.3, 0.4) is 0 Å². The molecule has 1 fully saturated rings. The summed E-state index contributed by atoms with van der Waals surface area (Å²) in [7, 11) is 1.18. The predicted octanol–water partition coefficient (Wildman–Crippen LogP) is 3.95. The van der Waals surface area contributed by atoms with Gasteiger partial charge in [0, 0.05) is 35.8 Å². The van der Waals surface area contributed by atoms with E-state index in [4.69, 9.17) is 4.74 Å². The van der Waals surface area contributed by atoms with Crippen LogP contribution >= 0.6 is 11.3 Å². The number of aliphatic imine (C=N–C) groups is 1. The van der Waals surface area contributed by atoms with Crippen molar-refractivity contribution in [3.8, 4) is 0 Å². The van der Waals surface area contributed by atoms with Crippen molar-refractivity contribution >= 4 is 35.1 Å². The molecule has 1 aromatic heterocycles. The Balaban J connectivity index is 1.82. The zero-order valence-corrected chi connectivity index (χ0v) is 19.7. The first-order valence-electron chi connectivity index (χ1n) is 10.8. The molecule has 0 saturated carbocycles. The number of aromatic nitrogens is 1. The number of benzene rings is 1. The topological polar surface area (TPSA) is 93.1 Å². The molecule has 1 aromatic carbocycles. The molecule has 13 heteroatoms. The molecule has 3 aliphatic rings. The number of carbonyl (C=O) groups is 2. The fourth-order valence-corrected chi connectivity index (χ4v) is 5.40. The third-order valence-electron chi connectivity index (χ3n) is 6.17. The number of ether oxygens (including phenoxy) is 2. The Morgan fingerprint density at radius 1 is 1.28 bits per heavy atom. The second-order valence-corrected chi connectivity index (χ2v) is 8.98. The molecule has 2 aliphatic heterocycles. The monoisotopic (exact) mass is 522 g/mol. The van der Waals surface area contributed by atoms with Crippen LogP contribution in [-0.4, -0.2) is 54.1 Å². The molecule has 1 amide bonds. The van der Waals surface area contributed by atoms with Crippen molar-refractivity contribution in [1.82, 2.24) is 15.2 Å². The lowest BCUT2D eigenvalue weighted by molar-refractivity contribution is -0.139. The number of nitrogens with one attached hydrogen (secondary N) is 1. The summed E-state index contributed by atoms with van der Waals surface area (Å²) in [5, 5.41) is 4.57. The lowest BCUT2D eigenvalue weighted by Gasteiger charge is -2.37. The smallest absolute Gasteiger partial charge is 0.407 e. The zero-order valence-electron chi connectivity index (χ0n) is 18.9. The van der Waals surface area contributed by atoms with Crippen LogP contribution in [0.1, 0.15) is 29.5 Å². The Morgan fingerprint density at radius 2 is 2.06 bits per heavy atom. The first kappa shape index (κ1) is 24.0. The van der Waals surface area contributed by atoms with Gasteiger partial charge in [0.25, 0.3) is 0 Å². The fraction of sp³-hybridized carbons (Fsp3) is 0.304. The Bertz CT molecular complexity index is 1370. The molecule has 1 saturated heterocycles. The van der Waals surface area contributed by atoms with Crippen LogP contribution in [0.25, 0.3) is 5.83 Å². The molecule has 1 N–H and O–H groups in total. The molecule has 2 aromatic rings. The maximum absolute atomic E-state index is 16.0. The number of amides is 1. The molecular formula is C23H18F4N4O4S. The van der Waals surface area contributed by atoms with Gasteiger partial charge in [0.05, 0.1) is 30.9 Å². The van der Waals surface area contributed by atoms with Crippen LogP contribution in [0, 0.1) is 11.6 Å². The summed E-state index contributed by atoms with van der Waals surface area (Å²) < 4.78 is 69.9. The number of halogens is 4. The van der Waals surface area contributed by atoms with Gasteiger partial charge in [-0.1, -0.05) is 6.07 Å². The highest BCUT2D eigenvalue weighted by molar-refractivity contribution is 7.11. The van der Waals surface area contributed by atoms with Crippen molar-refractivity contribution in [1.29, 1.82) is 0 Å². The Kier molecular flexibility index (Phi) is 5.81. The lowest BCUT2D eigenvalue weighted by atomic mass is 9.81. The van der Waals surface area contributed by atoms with Crippen LogP contribution < -0.4 is 5.32 Å². The minimum Gasteiger partial charge on any atom is -0.462 e. The van der Waals surface area contributed by atoms with Crippen molar-refractivity contribution in [2.45, 2.75) is 24.9 Å². The number of carbonyl (C=O) groups excluding carboxylic acids is 2. The lowest BCUT2D eigenvalue weighted by Crippen LogP contribution is -2.44. The molecule has 1 unspecified atom stereocenters. The number of hydrogen-bond acceptors (Lipinski definition) is 8. The van der Waals surface area contributed by atoms with Gasteiger partial charge in [-0.3, -0.25) is 0 Å². The number of esters is 1. The summed E-state index contributed by atoms with van der Waals surface area (Å²) in [4.78, 5) is 35.5. The highest BCUT2D eigenvalue weighted by atomic mass is 32.1. The summed E-state index contributed by atoms with van der Waals surface area (Å²) in [6, 6.07) is 1.10. The summed E-state index contributed by atoms with van der Waals surface area (Å²) in [6.07, 6.45) is 0.731. The summed E-state index contributed by atoms with van der Waals surface area (Å²) in [6.45, 7) is 1.53. The van der Waals surface area contributed by atoms with Gasteiger partial charge in [0.15, 0.2) is 39.7 Å². The molecule has 3 heterocycles. The van der Waals surface area contributed by atoms with Crippen molar-refractivity contribution in [2.24, 2.45) is 4.99 Å². The summed E-state index contributed by atoms with van der Waals surface area (Å²) in [5.74, 6) is -7.17. The summed E-state index contributed by atoms with van der Waals surface area (Å²) in [5.41, 5.74) is -4.03. The van der Waals surface area contributed by atoms with Gasteiger partial charge >= 0.3 is 12.1 Å². The van der Waals surface area contributed by atoms with Crippen LogP contribution in [0.4, 0.5) is 22.4 Å². The van der Waals surface area contributed by atoms with Crippen molar-refractivity contribution in [2.75, 3.05) is 20.3 Å². The highest BCUT2D eigenvalue weighted by Gasteiger charge is 2.59. The van der Waals surface area contributed by atoms with Crippen molar-refractivity contribution in [3.63, 3.8) is 0 Å². The third-order valence-corrected chi connectivity index (χ3v) is 6.94. The minimum absolute atomic E-state index is 0.0106. The number of fused-ring (bicyclic) bond motifs is 3. The van der Waals surface area contributed by atoms with Crippen LogP contribution in [0.15, 0.2) is 45.8 Å². The van der Waals surface area contributed by atoms with Crippen LogP contribution in [-0.2, 0) is 19.8 Å². The molecule has 2 atom stereocenters. The number of thiazole rings is 1. The van der Waals surface area contributed by atoms with E-state index in [1.165, 1.54) is 20.2 Å². The standard InChI is InChI=1S/C23H18F4N4O4S/c1-3-35-21(32)15-13-8-10(29-22(33)34-2)9-31(13)19(20-28-6-7-36-20)30-23(15)11-4-5-12(24)16(25)14(11)17(26)18(23)27/h4-7,10H,3,8-9H2,1-2H3,(H,29,33)/t10-,23?/m0/s1. The van der Waals surface area contributed by atoms with E-state index in [1.807, 2.05) is 0 Å². The van der Waals surface area contributed by atoms with Gasteiger partial charge in [-0.05, 0) is 13.0 Å². The Hall–Kier alpha value is -3.74. The van der Waals surface area contributed by atoms with Crippen LogP contribution in [0.2, 0.25) is 0 Å². The predicted molar refractivity (Wildman–Crippen MR) is 120 cm³/mol. The van der Waals surface area contributed by atoms with E-state index in [2.05, 4.69) is 20.0 Å². The van der Waals surface area contributed by atoms with E-state index in [9.17, 15) is 18.4 Å². The number of hydrogen-bond donors (Lipinski definition) is 1. The number of nitrogens with zero attached hydrogens (tertiary/aromatic N) is 3. The SMILES string of the molecule is CCOC(=O)C1=C2C[C@H](NC(=O)OC)CN2C(c2nccs2)=NC12C(F)=C(F)c1c2ccc(F)c1F. The molecular weight excluding hydrogens is 504 g/mol. The van der Waals surface area contributed by atoms with Gasteiger partial charge in [-0.25, -0.2) is 37.1 Å². The number of rotatable bonds is 4. The zero-order chi connectivity index (χ0) is 25.8. The highest BCUT2D eigenvalue weighted by Crippen LogP contribution is 2.57. The Labute approximate surface area is 205 Å². The van der Waals surface area contributed by atoms with E-state index >= 15 is 8.78 Å². The average molecular weight is 522 g/mol.